The Kier molecular flexibility index (Phi) is 7.78. The summed E-state index contributed by atoms with van der Waals surface area (Å²) < 4.78 is 4.76. The van der Waals surface area contributed by atoms with Crippen LogP contribution in [0.3, 0.4) is 0 Å². The van der Waals surface area contributed by atoms with E-state index in [0.29, 0.717) is 17.5 Å². The minimum atomic E-state index is 0.635. The second kappa shape index (κ2) is 13.8. The molecule has 12 aromatic rings. The van der Waals surface area contributed by atoms with Gasteiger partial charge in [0, 0.05) is 55.8 Å². The molecule has 0 radical (unpaired) electrons. The number of para-hydroxylation sites is 1. The van der Waals surface area contributed by atoms with Crippen molar-refractivity contribution in [1.29, 1.82) is 0 Å². The number of hydrogen-bond donors (Lipinski definition) is 0. The maximum atomic E-state index is 5.00. The maximum Gasteiger partial charge on any atom is 0.164 e. The van der Waals surface area contributed by atoms with Crippen LogP contribution in [0.4, 0.5) is 0 Å². The van der Waals surface area contributed by atoms with Crippen LogP contribution in [0, 0.1) is 0 Å². The molecule has 0 spiro atoms. The lowest BCUT2D eigenvalue weighted by Gasteiger charge is -2.12. The van der Waals surface area contributed by atoms with Crippen LogP contribution in [0.1, 0.15) is 0 Å². The topological polar surface area (TPSA) is 48.5 Å². The first-order chi connectivity index (χ1) is 29.7. The van der Waals surface area contributed by atoms with Gasteiger partial charge in [-0.25, -0.2) is 15.0 Å². The summed E-state index contributed by atoms with van der Waals surface area (Å²) in [5.74, 6) is 1.93. The second-order valence-electron chi connectivity index (χ2n) is 15.3. The zero-order valence-corrected chi connectivity index (χ0v) is 32.4. The van der Waals surface area contributed by atoms with Crippen LogP contribution in [0.25, 0.3) is 111 Å². The molecule has 3 heterocycles. The van der Waals surface area contributed by atoms with E-state index >= 15 is 0 Å². The fourth-order valence-corrected chi connectivity index (χ4v) is 9.00. The van der Waals surface area contributed by atoms with Gasteiger partial charge in [-0.15, -0.1) is 0 Å². The molecule has 5 heteroatoms. The van der Waals surface area contributed by atoms with E-state index in [0.717, 1.165) is 39.2 Å². The van der Waals surface area contributed by atoms with Crippen LogP contribution in [0.2, 0.25) is 0 Å². The third-order valence-corrected chi connectivity index (χ3v) is 11.8. The molecule has 0 amide bonds. The van der Waals surface area contributed by atoms with Crippen molar-refractivity contribution in [1.82, 2.24) is 24.1 Å². The molecule has 0 aliphatic rings. The molecule has 0 saturated heterocycles. The Bertz CT molecular complexity index is 3530. The van der Waals surface area contributed by atoms with E-state index in [1.807, 2.05) is 60.7 Å². The number of nitrogens with zero attached hydrogens (tertiary/aromatic N) is 5. The molecule has 280 valence electrons. The Labute approximate surface area is 346 Å². The van der Waals surface area contributed by atoms with Gasteiger partial charge in [-0.05, 0) is 75.8 Å². The minimum absolute atomic E-state index is 0.635. The van der Waals surface area contributed by atoms with Gasteiger partial charge >= 0.3 is 0 Å². The zero-order chi connectivity index (χ0) is 39.6. The van der Waals surface area contributed by atoms with Crippen LogP contribution >= 0.6 is 0 Å². The molecule has 12 rings (SSSR count). The standard InChI is InChI=1S/C55H35N5/c1-4-15-38(16-5-1)53-56-54(39-17-6-2-7-18-39)58-55(57-53)42-21-12-19-40(34-42)41-20-13-24-44(35-41)59-33-32-37-26-28-46-47(52(37)59)29-31-49-51(46)50-45-25-11-10-14-36(45)27-30-48(50)60(49)43-22-8-3-9-23-43/h1-35H. The maximum absolute atomic E-state index is 5.00. The largest absolute Gasteiger partial charge is 0.316 e. The second-order valence-corrected chi connectivity index (χ2v) is 15.3. The summed E-state index contributed by atoms with van der Waals surface area (Å²) in [5.41, 5.74) is 10.9. The molecule has 0 N–H and O–H groups in total. The molecule has 0 atom stereocenters. The van der Waals surface area contributed by atoms with Crippen molar-refractivity contribution in [3.05, 3.63) is 212 Å². The van der Waals surface area contributed by atoms with Crippen molar-refractivity contribution in [3.8, 4) is 56.7 Å². The molecule has 9 aromatic carbocycles. The summed E-state index contributed by atoms with van der Waals surface area (Å²) in [6, 6.07) is 73.0. The summed E-state index contributed by atoms with van der Waals surface area (Å²) in [5, 5.41) is 8.71. The number of fused-ring (bicyclic) bond motifs is 9. The quantitative estimate of drug-likeness (QED) is 0.169. The van der Waals surface area contributed by atoms with E-state index in [9.17, 15) is 0 Å². The number of hydrogen-bond acceptors (Lipinski definition) is 3. The monoisotopic (exact) mass is 765 g/mol. The van der Waals surface area contributed by atoms with E-state index in [1.165, 1.54) is 54.3 Å². The van der Waals surface area contributed by atoms with Crippen molar-refractivity contribution >= 4 is 54.3 Å². The fourth-order valence-electron chi connectivity index (χ4n) is 9.00. The lowest BCUT2D eigenvalue weighted by atomic mass is 9.98. The zero-order valence-electron chi connectivity index (χ0n) is 32.4. The molecule has 0 aliphatic heterocycles. The first kappa shape index (κ1) is 33.9. The average molecular weight is 766 g/mol. The Hall–Kier alpha value is -8.15. The Balaban J connectivity index is 1.01. The van der Waals surface area contributed by atoms with Crippen LogP contribution in [0.5, 0.6) is 0 Å². The number of rotatable bonds is 6. The van der Waals surface area contributed by atoms with E-state index in [2.05, 4.69) is 161 Å². The van der Waals surface area contributed by atoms with Gasteiger partial charge in [-0.3, -0.25) is 0 Å². The van der Waals surface area contributed by atoms with Gasteiger partial charge in [-0.2, -0.15) is 0 Å². The third-order valence-electron chi connectivity index (χ3n) is 11.8. The molecule has 0 unspecified atom stereocenters. The van der Waals surface area contributed by atoms with Crippen LogP contribution in [-0.2, 0) is 0 Å². The average Bonchev–Trinajstić information content (AvgIpc) is 3.93. The highest BCUT2D eigenvalue weighted by Gasteiger charge is 2.19. The third kappa shape index (κ3) is 5.52. The summed E-state index contributed by atoms with van der Waals surface area (Å²) in [6.45, 7) is 0. The molecule has 0 saturated carbocycles. The van der Waals surface area contributed by atoms with Crippen molar-refractivity contribution in [2.24, 2.45) is 0 Å². The molecular weight excluding hydrogens is 731 g/mol. The molecule has 3 aromatic heterocycles. The molecule has 0 bridgehead atoms. The van der Waals surface area contributed by atoms with E-state index in [1.54, 1.807) is 0 Å². The molecule has 5 nitrogen and oxygen atoms in total. The van der Waals surface area contributed by atoms with E-state index in [4.69, 9.17) is 15.0 Å². The van der Waals surface area contributed by atoms with Gasteiger partial charge < -0.3 is 9.13 Å². The molecule has 60 heavy (non-hydrogen) atoms. The molecular formula is C55H35N5. The highest BCUT2D eigenvalue weighted by Crippen LogP contribution is 2.42. The van der Waals surface area contributed by atoms with Gasteiger partial charge in [-0.1, -0.05) is 158 Å². The Morgan fingerprint density at radius 3 is 1.57 bits per heavy atom. The van der Waals surface area contributed by atoms with Crippen molar-refractivity contribution in [3.63, 3.8) is 0 Å². The smallest absolute Gasteiger partial charge is 0.164 e. The lowest BCUT2D eigenvalue weighted by Crippen LogP contribution is -2.00. The Morgan fingerprint density at radius 2 is 0.833 bits per heavy atom. The Morgan fingerprint density at radius 1 is 0.317 bits per heavy atom. The predicted molar refractivity (Wildman–Crippen MR) is 248 cm³/mol. The summed E-state index contributed by atoms with van der Waals surface area (Å²) in [4.78, 5) is 14.9. The van der Waals surface area contributed by atoms with E-state index < -0.39 is 0 Å². The van der Waals surface area contributed by atoms with Crippen molar-refractivity contribution in [2.45, 2.75) is 0 Å². The van der Waals surface area contributed by atoms with Crippen molar-refractivity contribution in [2.75, 3.05) is 0 Å². The van der Waals surface area contributed by atoms with Crippen LogP contribution in [0.15, 0.2) is 212 Å². The van der Waals surface area contributed by atoms with E-state index in [-0.39, 0.29) is 0 Å². The highest BCUT2D eigenvalue weighted by atomic mass is 15.0. The summed E-state index contributed by atoms with van der Waals surface area (Å²) in [6.07, 6.45) is 2.20. The number of benzene rings is 9. The fraction of sp³-hybridized carbons (Fsp3) is 0. The minimum Gasteiger partial charge on any atom is -0.316 e. The van der Waals surface area contributed by atoms with Crippen LogP contribution in [-0.4, -0.2) is 24.1 Å². The number of aromatic nitrogens is 5. The summed E-state index contributed by atoms with van der Waals surface area (Å²) in [7, 11) is 0. The summed E-state index contributed by atoms with van der Waals surface area (Å²) >= 11 is 0. The van der Waals surface area contributed by atoms with Gasteiger partial charge in [0.25, 0.3) is 0 Å². The van der Waals surface area contributed by atoms with Gasteiger partial charge in [0.1, 0.15) is 0 Å². The SMILES string of the molecule is c1ccc(-c2nc(-c3ccccc3)nc(-c3cccc(-c4cccc(-n5ccc6ccc7c(ccc8c7c7c9ccccc9ccc7n8-c7ccccc7)c65)c4)c3)n2)cc1. The molecule has 0 aliphatic carbocycles. The van der Waals surface area contributed by atoms with Crippen LogP contribution < -0.4 is 0 Å². The van der Waals surface area contributed by atoms with Gasteiger partial charge in [0.2, 0.25) is 0 Å². The van der Waals surface area contributed by atoms with Gasteiger partial charge in [0.15, 0.2) is 17.5 Å². The van der Waals surface area contributed by atoms with Gasteiger partial charge in [0.05, 0.1) is 16.6 Å². The molecule has 0 fully saturated rings. The normalized spacial score (nSPS) is 11.7. The first-order valence-corrected chi connectivity index (χ1v) is 20.3. The predicted octanol–water partition coefficient (Wildman–Crippen LogP) is 13.9. The van der Waals surface area contributed by atoms with Crippen molar-refractivity contribution < 1.29 is 0 Å². The first-order valence-electron chi connectivity index (χ1n) is 20.3. The highest BCUT2D eigenvalue weighted by molar-refractivity contribution is 6.30. The lowest BCUT2D eigenvalue weighted by molar-refractivity contribution is 1.07.